The van der Waals surface area contributed by atoms with Crippen LogP contribution in [-0.2, 0) is 4.74 Å². The van der Waals surface area contributed by atoms with Gasteiger partial charge in [-0.05, 0) is 30.4 Å². The molecule has 3 heteroatoms. The highest BCUT2D eigenvalue weighted by Gasteiger charge is 2.28. The van der Waals surface area contributed by atoms with Crippen molar-refractivity contribution >= 4 is 0 Å². The van der Waals surface area contributed by atoms with Crippen molar-refractivity contribution in [3.63, 3.8) is 0 Å². The summed E-state index contributed by atoms with van der Waals surface area (Å²) in [6.07, 6.45) is 3.80. The zero-order valence-electron chi connectivity index (χ0n) is 10.1. The smallest absolute Gasteiger partial charge is 0.0700 e. The van der Waals surface area contributed by atoms with Gasteiger partial charge in [-0.15, -0.1) is 0 Å². The molecule has 0 radical (unpaired) electrons. The number of benzene rings is 1. The van der Waals surface area contributed by atoms with E-state index in [9.17, 15) is 0 Å². The van der Waals surface area contributed by atoms with Crippen LogP contribution in [0.25, 0.3) is 0 Å². The molecule has 0 bridgehead atoms. The number of hydrogen-bond acceptors (Lipinski definition) is 3. The van der Waals surface area contributed by atoms with Gasteiger partial charge in [-0.3, -0.25) is 0 Å². The minimum Gasteiger partial charge on any atom is -0.377 e. The van der Waals surface area contributed by atoms with Crippen molar-refractivity contribution in [2.75, 3.05) is 13.2 Å². The second-order valence-electron chi connectivity index (χ2n) is 5.07. The molecular formula is C14H20N2O. The third-order valence-corrected chi connectivity index (χ3v) is 3.88. The first-order chi connectivity index (χ1) is 8.34. The molecule has 1 aliphatic carbocycles. The largest absolute Gasteiger partial charge is 0.377 e. The van der Waals surface area contributed by atoms with Crippen LogP contribution in [0.5, 0.6) is 0 Å². The summed E-state index contributed by atoms with van der Waals surface area (Å²) in [5.41, 5.74) is 8.83. The molecule has 3 nitrogen and oxygen atoms in total. The van der Waals surface area contributed by atoms with Gasteiger partial charge in [0.05, 0.1) is 6.10 Å². The first kappa shape index (κ1) is 11.2. The third-order valence-electron chi connectivity index (χ3n) is 3.88. The van der Waals surface area contributed by atoms with E-state index in [1.807, 2.05) is 0 Å². The van der Waals surface area contributed by atoms with E-state index in [4.69, 9.17) is 10.5 Å². The normalized spacial score (nSPS) is 31.7. The van der Waals surface area contributed by atoms with Crippen LogP contribution in [0.2, 0.25) is 0 Å². The van der Waals surface area contributed by atoms with Gasteiger partial charge in [-0.1, -0.05) is 24.3 Å². The van der Waals surface area contributed by atoms with Crippen molar-refractivity contribution in [3.8, 4) is 0 Å². The van der Waals surface area contributed by atoms with E-state index in [2.05, 4.69) is 29.6 Å². The Hall–Kier alpha value is -0.900. The van der Waals surface area contributed by atoms with E-state index in [1.54, 1.807) is 0 Å². The average Bonchev–Trinajstić information content (AvgIpc) is 2.96. The highest BCUT2D eigenvalue weighted by Crippen LogP contribution is 2.36. The van der Waals surface area contributed by atoms with E-state index in [0.29, 0.717) is 12.1 Å². The summed E-state index contributed by atoms with van der Waals surface area (Å²) in [6, 6.07) is 9.10. The molecule has 0 amide bonds. The lowest BCUT2D eigenvalue weighted by Gasteiger charge is -2.17. The number of rotatable bonds is 3. The van der Waals surface area contributed by atoms with E-state index in [-0.39, 0.29) is 6.04 Å². The number of hydrogen-bond donors (Lipinski definition) is 2. The first-order valence-electron chi connectivity index (χ1n) is 6.54. The molecule has 0 aromatic heterocycles. The van der Waals surface area contributed by atoms with Crippen LogP contribution >= 0.6 is 0 Å². The Balaban J connectivity index is 1.65. The molecule has 92 valence electrons. The summed E-state index contributed by atoms with van der Waals surface area (Å²) in [6.45, 7) is 1.87. The van der Waals surface area contributed by atoms with Crippen molar-refractivity contribution in [2.45, 2.75) is 37.5 Å². The lowest BCUT2D eigenvalue weighted by Crippen LogP contribution is -2.29. The molecule has 2 aliphatic rings. The molecule has 1 aromatic carbocycles. The molecule has 3 N–H and O–H groups in total. The van der Waals surface area contributed by atoms with Gasteiger partial charge in [0.25, 0.3) is 0 Å². The molecule has 1 fully saturated rings. The topological polar surface area (TPSA) is 47.3 Å². The monoisotopic (exact) mass is 232 g/mol. The Morgan fingerprint density at radius 3 is 2.88 bits per heavy atom. The number of fused-ring (bicyclic) bond motifs is 1. The van der Waals surface area contributed by atoms with Gasteiger partial charge in [-0.2, -0.15) is 0 Å². The lowest BCUT2D eigenvalue weighted by molar-refractivity contribution is 0.107. The molecule has 3 rings (SSSR count). The zero-order valence-corrected chi connectivity index (χ0v) is 10.1. The highest BCUT2D eigenvalue weighted by molar-refractivity contribution is 5.37. The van der Waals surface area contributed by atoms with Gasteiger partial charge in [0.1, 0.15) is 0 Å². The average molecular weight is 232 g/mol. The van der Waals surface area contributed by atoms with Crippen molar-refractivity contribution in [3.05, 3.63) is 35.4 Å². The SMILES string of the molecule is NC1CC(NCC2CCCO2)c2ccccc21. The molecule has 0 spiro atoms. The zero-order chi connectivity index (χ0) is 11.7. The first-order valence-corrected chi connectivity index (χ1v) is 6.54. The predicted octanol–water partition coefficient (Wildman–Crippen LogP) is 1.90. The molecule has 1 aliphatic heterocycles. The second-order valence-corrected chi connectivity index (χ2v) is 5.07. The maximum atomic E-state index is 6.15. The van der Waals surface area contributed by atoms with E-state index < -0.39 is 0 Å². The molecule has 3 atom stereocenters. The Morgan fingerprint density at radius 2 is 2.12 bits per heavy atom. The summed E-state index contributed by atoms with van der Waals surface area (Å²) in [7, 11) is 0. The lowest BCUT2D eigenvalue weighted by atomic mass is 10.1. The number of nitrogens with two attached hydrogens (primary N) is 1. The summed E-state index contributed by atoms with van der Waals surface area (Å²) in [4.78, 5) is 0. The second kappa shape index (κ2) is 4.77. The van der Waals surface area contributed by atoms with Crippen LogP contribution in [0, 0.1) is 0 Å². The molecule has 3 unspecified atom stereocenters. The van der Waals surface area contributed by atoms with Gasteiger partial charge in [-0.25, -0.2) is 0 Å². The van der Waals surface area contributed by atoms with Gasteiger partial charge in [0, 0.05) is 25.2 Å². The Kier molecular flexibility index (Phi) is 3.14. The Labute approximate surface area is 102 Å². The van der Waals surface area contributed by atoms with E-state index >= 15 is 0 Å². The standard InChI is InChI=1S/C14H20N2O/c15-13-8-14(12-6-2-1-5-11(12)13)16-9-10-4-3-7-17-10/h1-2,5-6,10,13-14,16H,3-4,7-9,15H2. The van der Waals surface area contributed by atoms with E-state index in [1.165, 1.54) is 24.0 Å². The van der Waals surface area contributed by atoms with Crippen LogP contribution in [-0.4, -0.2) is 19.3 Å². The fraction of sp³-hybridized carbons (Fsp3) is 0.571. The molecule has 1 heterocycles. The summed E-state index contributed by atoms with van der Waals surface area (Å²) in [5, 5.41) is 3.61. The van der Waals surface area contributed by atoms with Crippen molar-refractivity contribution < 1.29 is 4.74 Å². The van der Waals surface area contributed by atoms with Gasteiger partial charge in [0.2, 0.25) is 0 Å². The minimum absolute atomic E-state index is 0.188. The molecule has 17 heavy (non-hydrogen) atoms. The Bertz CT molecular complexity index is 388. The fourth-order valence-electron chi connectivity index (χ4n) is 2.95. The van der Waals surface area contributed by atoms with Crippen molar-refractivity contribution in [2.24, 2.45) is 5.73 Å². The maximum absolute atomic E-state index is 6.15. The molecule has 0 saturated carbocycles. The maximum Gasteiger partial charge on any atom is 0.0700 e. The van der Waals surface area contributed by atoms with Crippen LogP contribution in [0.15, 0.2) is 24.3 Å². The molecule has 1 saturated heterocycles. The predicted molar refractivity (Wildman–Crippen MR) is 67.7 cm³/mol. The third kappa shape index (κ3) is 2.23. The minimum atomic E-state index is 0.188. The summed E-state index contributed by atoms with van der Waals surface area (Å²) < 4.78 is 5.63. The summed E-state index contributed by atoms with van der Waals surface area (Å²) in [5.74, 6) is 0. The number of nitrogens with one attached hydrogen (secondary N) is 1. The van der Waals surface area contributed by atoms with Gasteiger partial charge < -0.3 is 15.8 Å². The molecule has 1 aromatic rings. The number of ether oxygens (including phenoxy) is 1. The summed E-state index contributed by atoms with van der Waals surface area (Å²) >= 11 is 0. The van der Waals surface area contributed by atoms with Crippen molar-refractivity contribution in [1.82, 2.24) is 5.32 Å². The highest BCUT2D eigenvalue weighted by atomic mass is 16.5. The van der Waals surface area contributed by atoms with Crippen LogP contribution in [0.3, 0.4) is 0 Å². The van der Waals surface area contributed by atoms with Crippen molar-refractivity contribution in [1.29, 1.82) is 0 Å². The van der Waals surface area contributed by atoms with Crippen LogP contribution in [0.4, 0.5) is 0 Å². The Morgan fingerprint density at radius 1 is 1.29 bits per heavy atom. The van der Waals surface area contributed by atoms with Crippen LogP contribution < -0.4 is 11.1 Å². The van der Waals surface area contributed by atoms with Gasteiger partial charge in [0.15, 0.2) is 0 Å². The van der Waals surface area contributed by atoms with Crippen LogP contribution in [0.1, 0.15) is 42.5 Å². The quantitative estimate of drug-likeness (QED) is 0.836. The van der Waals surface area contributed by atoms with E-state index in [0.717, 1.165) is 19.6 Å². The van der Waals surface area contributed by atoms with Gasteiger partial charge >= 0.3 is 0 Å². The fourth-order valence-corrected chi connectivity index (χ4v) is 2.95. The molecular weight excluding hydrogens is 212 g/mol.